The second-order valence-electron chi connectivity index (χ2n) is 2.36. The third kappa shape index (κ3) is 3.12. The lowest BCUT2D eigenvalue weighted by molar-refractivity contribution is 0.339. The fourth-order valence-corrected chi connectivity index (χ4v) is 1.12. The van der Waals surface area contributed by atoms with Crippen LogP contribution >= 0.6 is 15.9 Å². The van der Waals surface area contributed by atoms with Crippen LogP contribution in [-0.2, 0) is 0 Å². The summed E-state index contributed by atoms with van der Waals surface area (Å²) in [6.45, 7) is 2.64. The molecule has 1 aromatic rings. The van der Waals surface area contributed by atoms with Crippen LogP contribution in [0.5, 0.6) is 5.75 Å². The predicted octanol–water partition coefficient (Wildman–Crippen LogP) is 2.83. The maximum Gasteiger partial charge on any atom is 0.134 e. The Bertz CT molecular complexity index is 322. The van der Waals surface area contributed by atoms with Crippen molar-refractivity contribution in [1.82, 2.24) is 0 Å². The third-order valence-electron chi connectivity index (χ3n) is 1.48. The van der Waals surface area contributed by atoms with Crippen LogP contribution in [0.4, 0.5) is 0 Å². The van der Waals surface area contributed by atoms with Crippen LogP contribution < -0.4 is 4.74 Å². The van der Waals surface area contributed by atoms with Crippen LogP contribution in [0.15, 0.2) is 24.3 Å². The van der Waals surface area contributed by atoms with E-state index in [-0.39, 0.29) is 0 Å². The van der Waals surface area contributed by atoms with E-state index in [1.54, 1.807) is 0 Å². The van der Waals surface area contributed by atoms with Gasteiger partial charge in [-0.1, -0.05) is 39.9 Å². The molecule has 0 unspecified atom stereocenters. The SMILES string of the molecule is CCOc1ccccc1C#CCBr. The van der Waals surface area contributed by atoms with E-state index in [9.17, 15) is 0 Å². The summed E-state index contributed by atoms with van der Waals surface area (Å²) in [7, 11) is 0. The van der Waals surface area contributed by atoms with E-state index in [1.165, 1.54) is 0 Å². The number of hydrogen-bond donors (Lipinski definition) is 0. The average molecular weight is 239 g/mol. The second-order valence-corrected chi connectivity index (χ2v) is 2.93. The molecular weight excluding hydrogens is 228 g/mol. The lowest BCUT2D eigenvalue weighted by atomic mass is 10.2. The van der Waals surface area contributed by atoms with Crippen molar-refractivity contribution in [3.05, 3.63) is 29.8 Å². The highest BCUT2D eigenvalue weighted by molar-refractivity contribution is 9.09. The highest BCUT2D eigenvalue weighted by atomic mass is 79.9. The summed E-state index contributed by atoms with van der Waals surface area (Å²) in [5, 5.41) is 0.688. The number of hydrogen-bond acceptors (Lipinski definition) is 1. The Kier molecular flexibility index (Phi) is 4.42. The molecule has 0 N–H and O–H groups in total. The van der Waals surface area contributed by atoms with E-state index in [2.05, 4.69) is 27.8 Å². The summed E-state index contributed by atoms with van der Waals surface area (Å²) in [5.74, 6) is 6.84. The molecule has 0 fully saturated rings. The van der Waals surface area contributed by atoms with Crippen molar-refractivity contribution in [2.75, 3.05) is 11.9 Å². The van der Waals surface area contributed by atoms with Crippen molar-refractivity contribution in [2.24, 2.45) is 0 Å². The van der Waals surface area contributed by atoms with Crippen LogP contribution in [0.3, 0.4) is 0 Å². The molecule has 0 bridgehead atoms. The normalized spacial score (nSPS) is 8.77. The van der Waals surface area contributed by atoms with Crippen molar-refractivity contribution in [3.63, 3.8) is 0 Å². The van der Waals surface area contributed by atoms with Crippen LogP contribution in [0.2, 0.25) is 0 Å². The summed E-state index contributed by atoms with van der Waals surface area (Å²) in [4.78, 5) is 0. The number of para-hydroxylation sites is 1. The molecule has 0 radical (unpaired) electrons. The van der Waals surface area contributed by atoms with Gasteiger partial charge in [-0.2, -0.15) is 0 Å². The molecule has 0 saturated heterocycles. The third-order valence-corrected chi connectivity index (χ3v) is 1.76. The van der Waals surface area contributed by atoms with E-state index in [0.717, 1.165) is 11.3 Å². The highest BCUT2D eigenvalue weighted by Crippen LogP contribution is 2.16. The quantitative estimate of drug-likeness (QED) is 0.569. The van der Waals surface area contributed by atoms with Crippen LogP contribution in [0.25, 0.3) is 0 Å². The molecule has 0 amide bonds. The molecule has 68 valence electrons. The van der Waals surface area contributed by atoms with E-state index < -0.39 is 0 Å². The van der Waals surface area contributed by atoms with Gasteiger partial charge in [0.1, 0.15) is 5.75 Å². The molecule has 0 aliphatic rings. The lowest BCUT2D eigenvalue weighted by Crippen LogP contribution is -1.93. The van der Waals surface area contributed by atoms with Crippen molar-refractivity contribution >= 4 is 15.9 Å². The smallest absolute Gasteiger partial charge is 0.134 e. The zero-order chi connectivity index (χ0) is 9.52. The van der Waals surface area contributed by atoms with Gasteiger partial charge in [0.2, 0.25) is 0 Å². The molecule has 0 atom stereocenters. The largest absolute Gasteiger partial charge is 0.493 e. The lowest BCUT2D eigenvalue weighted by Gasteiger charge is -2.04. The zero-order valence-corrected chi connectivity index (χ0v) is 9.10. The molecule has 0 spiro atoms. The fourth-order valence-electron chi connectivity index (χ4n) is 0.980. The van der Waals surface area contributed by atoms with E-state index in [1.807, 2.05) is 31.2 Å². The Hall–Kier alpha value is -0.940. The van der Waals surface area contributed by atoms with Crippen LogP contribution in [0.1, 0.15) is 12.5 Å². The first kappa shape index (κ1) is 10.1. The molecule has 0 heterocycles. The van der Waals surface area contributed by atoms with Gasteiger partial charge in [0.05, 0.1) is 17.5 Å². The molecule has 13 heavy (non-hydrogen) atoms. The van der Waals surface area contributed by atoms with Crippen molar-refractivity contribution < 1.29 is 4.74 Å². The van der Waals surface area contributed by atoms with Crippen LogP contribution in [0, 0.1) is 11.8 Å². The molecule has 1 nitrogen and oxygen atoms in total. The predicted molar refractivity (Wildman–Crippen MR) is 58.3 cm³/mol. The van der Waals surface area contributed by atoms with E-state index in [4.69, 9.17) is 4.74 Å². The molecule has 0 aliphatic heterocycles. The summed E-state index contributed by atoms with van der Waals surface area (Å²) in [6.07, 6.45) is 0. The maximum absolute atomic E-state index is 5.42. The van der Waals surface area contributed by atoms with Gasteiger partial charge in [-0.15, -0.1) is 0 Å². The number of ether oxygens (including phenoxy) is 1. The Morgan fingerprint density at radius 3 is 2.85 bits per heavy atom. The summed E-state index contributed by atoms with van der Waals surface area (Å²) >= 11 is 3.26. The fraction of sp³-hybridized carbons (Fsp3) is 0.273. The van der Waals surface area contributed by atoms with Crippen molar-refractivity contribution in [1.29, 1.82) is 0 Å². The van der Waals surface area contributed by atoms with Gasteiger partial charge < -0.3 is 4.74 Å². The molecule has 1 aromatic carbocycles. The summed E-state index contributed by atoms with van der Waals surface area (Å²) in [6, 6.07) is 7.80. The molecule has 0 saturated carbocycles. The first-order valence-electron chi connectivity index (χ1n) is 4.15. The minimum Gasteiger partial charge on any atom is -0.493 e. The Morgan fingerprint density at radius 2 is 2.15 bits per heavy atom. The molecule has 1 rings (SSSR count). The monoisotopic (exact) mass is 238 g/mol. The molecule has 0 aliphatic carbocycles. The van der Waals surface area contributed by atoms with Gasteiger partial charge in [0.25, 0.3) is 0 Å². The Morgan fingerprint density at radius 1 is 1.38 bits per heavy atom. The van der Waals surface area contributed by atoms with Gasteiger partial charge in [-0.25, -0.2) is 0 Å². The Labute approximate surface area is 87.2 Å². The zero-order valence-electron chi connectivity index (χ0n) is 7.51. The van der Waals surface area contributed by atoms with Gasteiger partial charge >= 0.3 is 0 Å². The van der Waals surface area contributed by atoms with Gasteiger partial charge in [0.15, 0.2) is 0 Å². The number of rotatable bonds is 2. The van der Waals surface area contributed by atoms with Gasteiger partial charge in [0, 0.05) is 0 Å². The highest BCUT2D eigenvalue weighted by Gasteiger charge is 1.96. The first-order valence-corrected chi connectivity index (χ1v) is 5.27. The average Bonchev–Trinajstić information content (AvgIpc) is 2.17. The molecular formula is C11H11BrO. The summed E-state index contributed by atoms with van der Waals surface area (Å²) in [5.41, 5.74) is 0.948. The van der Waals surface area contributed by atoms with Crippen molar-refractivity contribution in [2.45, 2.75) is 6.92 Å². The van der Waals surface area contributed by atoms with Crippen molar-refractivity contribution in [3.8, 4) is 17.6 Å². The second kappa shape index (κ2) is 5.66. The molecule has 2 heteroatoms. The van der Waals surface area contributed by atoms with Gasteiger partial charge in [-0.05, 0) is 19.1 Å². The molecule has 0 aromatic heterocycles. The van der Waals surface area contributed by atoms with Gasteiger partial charge in [-0.3, -0.25) is 0 Å². The van der Waals surface area contributed by atoms with E-state index >= 15 is 0 Å². The maximum atomic E-state index is 5.42. The first-order chi connectivity index (χ1) is 6.38. The van der Waals surface area contributed by atoms with Crippen LogP contribution in [-0.4, -0.2) is 11.9 Å². The summed E-state index contributed by atoms with van der Waals surface area (Å²) < 4.78 is 5.42. The number of alkyl halides is 1. The standard InChI is InChI=1S/C11H11BrO/c1-2-13-11-8-4-3-6-10(11)7-5-9-12/h3-4,6,8H,2,9H2,1H3. The minimum absolute atomic E-state index is 0.674. The topological polar surface area (TPSA) is 9.23 Å². The minimum atomic E-state index is 0.674. The van der Waals surface area contributed by atoms with E-state index in [0.29, 0.717) is 11.9 Å². The number of benzene rings is 1. The number of halogens is 1. The Balaban J connectivity index is 2.90.